The average molecular weight is 266 g/mol. The van der Waals surface area contributed by atoms with E-state index in [0.717, 1.165) is 16.7 Å². The minimum absolute atomic E-state index is 0.268. The largest absolute Gasteiger partial charge is 0.457 e. The summed E-state index contributed by atoms with van der Waals surface area (Å²) in [5.74, 6) is -0.268. The second-order valence-corrected chi connectivity index (χ2v) is 4.68. The lowest BCUT2D eigenvalue weighted by Gasteiger charge is -2.09. The number of rotatable bonds is 4. The van der Waals surface area contributed by atoms with Gasteiger partial charge in [0, 0.05) is 5.57 Å². The molecule has 0 unspecified atom stereocenters. The van der Waals surface area contributed by atoms with Gasteiger partial charge in [0.2, 0.25) is 0 Å². The van der Waals surface area contributed by atoms with E-state index in [2.05, 4.69) is 0 Å². The first-order valence-electron chi connectivity index (χ1n) is 6.62. The van der Waals surface area contributed by atoms with Crippen LogP contribution in [0.3, 0.4) is 0 Å². The third kappa shape index (κ3) is 3.58. The molecule has 20 heavy (non-hydrogen) atoms. The predicted octanol–water partition coefficient (Wildman–Crippen LogP) is 4.22. The number of esters is 1. The maximum absolute atomic E-state index is 12.1. The van der Waals surface area contributed by atoms with Crippen molar-refractivity contribution in [1.82, 2.24) is 0 Å². The molecule has 2 aromatic carbocycles. The zero-order valence-electron chi connectivity index (χ0n) is 11.8. The summed E-state index contributed by atoms with van der Waals surface area (Å²) in [4.78, 5) is 12.1. The van der Waals surface area contributed by atoms with Gasteiger partial charge < -0.3 is 4.74 Å². The van der Waals surface area contributed by atoms with Gasteiger partial charge in [-0.2, -0.15) is 0 Å². The van der Waals surface area contributed by atoms with Crippen molar-refractivity contribution in [2.75, 3.05) is 0 Å². The first-order chi connectivity index (χ1) is 9.68. The summed E-state index contributed by atoms with van der Waals surface area (Å²) in [5.41, 5.74) is 3.63. The number of carbonyl (C=O) groups is 1. The van der Waals surface area contributed by atoms with Gasteiger partial charge in [-0.1, -0.05) is 60.7 Å². The third-order valence-corrected chi connectivity index (χ3v) is 3.29. The maximum Gasteiger partial charge on any atom is 0.334 e. The molecule has 0 aliphatic rings. The molecule has 0 radical (unpaired) electrons. The lowest BCUT2D eigenvalue weighted by Crippen LogP contribution is -2.07. The van der Waals surface area contributed by atoms with E-state index < -0.39 is 0 Å². The zero-order valence-corrected chi connectivity index (χ0v) is 11.8. The van der Waals surface area contributed by atoms with Gasteiger partial charge in [-0.15, -0.1) is 0 Å². The lowest BCUT2D eigenvalue weighted by molar-refractivity contribution is -0.140. The van der Waals surface area contributed by atoms with Gasteiger partial charge in [0.05, 0.1) is 0 Å². The van der Waals surface area contributed by atoms with Gasteiger partial charge in [0.25, 0.3) is 0 Å². The van der Waals surface area contributed by atoms with Gasteiger partial charge in [-0.25, -0.2) is 4.79 Å². The van der Waals surface area contributed by atoms with Crippen LogP contribution < -0.4 is 0 Å². The predicted molar refractivity (Wildman–Crippen MR) is 80.9 cm³/mol. The summed E-state index contributed by atoms with van der Waals surface area (Å²) in [7, 11) is 0. The van der Waals surface area contributed by atoms with E-state index in [4.69, 9.17) is 4.74 Å². The Labute approximate surface area is 119 Å². The quantitative estimate of drug-likeness (QED) is 0.611. The van der Waals surface area contributed by atoms with Crippen molar-refractivity contribution in [2.45, 2.75) is 20.5 Å². The van der Waals surface area contributed by atoms with Crippen molar-refractivity contribution in [2.24, 2.45) is 0 Å². The van der Waals surface area contributed by atoms with Crippen LogP contribution in [0.4, 0.5) is 0 Å². The normalized spacial score (nSPS) is 11.7. The van der Waals surface area contributed by atoms with E-state index in [-0.39, 0.29) is 5.97 Å². The van der Waals surface area contributed by atoms with Crippen molar-refractivity contribution in [3.05, 3.63) is 77.4 Å². The zero-order chi connectivity index (χ0) is 14.4. The highest BCUT2D eigenvalue weighted by Gasteiger charge is 2.10. The molecule has 2 heteroatoms. The van der Waals surface area contributed by atoms with Crippen molar-refractivity contribution in [1.29, 1.82) is 0 Å². The molecule has 0 spiro atoms. The molecule has 0 saturated carbocycles. The summed E-state index contributed by atoms with van der Waals surface area (Å²) in [6, 6.07) is 19.5. The van der Waals surface area contributed by atoms with E-state index in [0.29, 0.717) is 12.2 Å². The smallest absolute Gasteiger partial charge is 0.334 e. The molecule has 0 N–H and O–H groups in total. The summed E-state index contributed by atoms with van der Waals surface area (Å²) >= 11 is 0. The fourth-order valence-electron chi connectivity index (χ4n) is 1.89. The molecule has 0 fully saturated rings. The second-order valence-electron chi connectivity index (χ2n) is 4.68. The fraction of sp³-hybridized carbons (Fsp3) is 0.167. The summed E-state index contributed by atoms with van der Waals surface area (Å²) < 4.78 is 5.34. The van der Waals surface area contributed by atoms with Gasteiger partial charge in [0.15, 0.2) is 0 Å². The minimum atomic E-state index is -0.268. The van der Waals surface area contributed by atoms with E-state index in [9.17, 15) is 4.79 Å². The van der Waals surface area contributed by atoms with Crippen molar-refractivity contribution >= 4 is 11.5 Å². The van der Waals surface area contributed by atoms with Gasteiger partial charge >= 0.3 is 5.97 Å². The Morgan fingerprint density at radius 3 is 2.05 bits per heavy atom. The molecule has 2 rings (SSSR count). The maximum atomic E-state index is 12.1. The number of benzene rings is 2. The molecule has 2 nitrogen and oxygen atoms in total. The first kappa shape index (κ1) is 14.1. The van der Waals surface area contributed by atoms with Crippen molar-refractivity contribution in [3.8, 4) is 0 Å². The number of carbonyl (C=O) groups excluding carboxylic acids is 1. The van der Waals surface area contributed by atoms with E-state index >= 15 is 0 Å². The Hall–Kier alpha value is -2.35. The van der Waals surface area contributed by atoms with E-state index in [1.807, 2.05) is 67.6 Å². The van der Waals surface area contributed by atoms with Gasteiger partial charge in [-0.05, 0) is 30.5 Å². The number of allylic oxidation sites excluding steroid dienone is 1. The van der Waals surface area contributed by atoms with Crippen LogP contribution in [0, 0.1) is 0 Å². The lowest BCUT2D eigenvalue weighted by atomic mass is 10.0. The standard InChI is InChI=1S/C18H18O2/c1-14(17-11-7-4-8-12-17)15(2)18(19)20-13-16-9-5-3-6-10-16/h3-12H,13H2,1-2H3/b15-14+. The van der Waals surface area contributed by atoms with Gasteiger partial charge in [-0.3, -0.25) is 0 Å². The highest BCUT2D eigenvalue weighted by molar-refractivity contribution is 5.96. The summed E-state index contributed by atoms with van der Waals surface area (Å²) in [5, 5.41) is 0. The molecule has 0 aromatic heterocycles. The number of hydrogen-bond donors (Lipinski definition) is 0. The highest BCUT2D eigenvalue weighted by atomic mass is 16.5. The molecule has 0 aliphatic carbocycles. The Balaban J connectivity index is 2.05. The summed E-state index contributed by atoms with van der Waals surface area (Å²) in [6.07, 6.45) is 0. The molecule has 0 saturated heterocycles. The Morgan fingerprint density at radius 2 is 1.45 bits per heavy atom. The second kappa shape index (κ2) is 6.71. The van der Waals surface area contributed by atoms with Crippen LogP contribution in [0.2, 0.25) is 0 Å². The van der Waals surface area contributed by atoms with E-state index in [1.54, 1.807) is 6.92 Å². The molecule has 0 bridgehead atoms. The average Bonchev–Trinajstić information content (AvgIpc) is 2.53. The van der Waals surface area contributed by atoms with E-state index in [1.165, 1.54) is 0 Å². The first-order valence-corrected chi connectivity index (χ1v) is 6.62. The molecule has 0 heterocycles. The third-order valence-electron chi connectivity index (χ3n) is 3.29. The van der Waals surface area contributed by atoms with Crippen LogP contribution in [0.25, 0.3) is 5.57 Å². The molecular weight excluding hydrogens is 248 g/mol. The van der Waals surface area contributed by atoms with Crippen molar-refractivity contribution in [3.63, 3.8) is 0 Å². The minimum Gasteiger partial charge on any atom is -0.457 e. The molecule has 0 amide bonds. The molecule has 102 valence electrons. The van der Waals surface area contributed by atoms with Crippen LogP contribution >= 0.6 is 0 Å². The fourth-order valence-corrected chi connectivity index (χ4v) is 1.89. The van der Waals surface area contributed by atoms with Crippen LogP contribution in [0.1, 0.15) is 25.0 Å². The molecule has 0 atom stereocenters. The van der Waals surface area contributed by atoms with Crippen LogP contribution in [0.5, 0.6) is 0 Å². The number of hydrogen-bond acceptors (Lipinski definition) is 2. The SMILES string of the molecule is C/C(C(=O)OCc1ccccc1)=C(/C)c1ccccc1. The Kier molecular flexibility index (Phi) is 4.72. The topological polar surface area (TPSA) is 26.3 Å². The van der Waals surface area contributed by atoms with Gasteiger partial charge in [0.1, 0.15) is 6.61 Å². The van der Waals surface area contributed by atoms with Crippen LogP contribution in [-0.2, 0) is 16.1 Å². The summed E-state index contributed by atoms with van der Waals surface area (Å²) in [6.45, 7) is 4.04. The molecule has 2 aromatic rings. The van der Waals surface area contributed by atoms with Crippen molar-refractivity contribution < 1.29 is 9.53 Å². The Bertz CT molecular complexity index is 598. The highest BCUT2D eigenvalue weighted by Crippen LogP contribution is 2.18. The molecule has 0 aliphatic heterocycles. The van der Waals surface area contributed by atoms with Crippen LogP contribution in [-0.4, -0.2) is 5.97 Å². The van der Waals surface area contributed by atoms with Crippen LogP contribution in [0.15, 0.2) is 66.2 Å². The number of ether oxygens (including phenoxy) is 1. The monoisotopic (exact) mass is 266 g/mol. The Morgan fingerprint density at radius 1 is 0.900 bits per heavy atom. The molecular formula is C18H18O2.